The summed E-state index contributed by atoms with van der Waals surface area (Å²) >= 11 is 0. The average molecular weight is 947 g/mol. The smallest absolute Gasteiger partial charge is 0.251 e. The normalized spacial score (nSPS) is 31.1. The van der Waals surface area contributed by atoms with Gasteiger partial charge in [0.1, 0.15) is 5.76 Å². The predicted octanol–water partition coefficient (Wildman–Crippen LogP) is 17.1. The van der Waals surface area contributed by atoms with Gasteiger partial charge in [-0.1, -0.05) is 165 Å². The Morgan fingerprint density at radius 1 is 0.704 bits per heavy atom. The Morgan fingerprint density at radius 2 is 1.38 bits per heavy atom. The van der Waals surface area contributed by atoms with Crippen LogP contribution >= 0.6 is 0 Å². The van der Waals surface area contributed by atoms with Gasteiger partial charge >= 0.3 is 0 Å². The van der Waals surface area contributed by atoms with Crippen molar-refractivity contribution >= 4 is 29.8 Å². The molecular formula is C67H87BN2O. The van der Waals surface area contributed by atoms with Gasteiger partial charge < -0.3 is 14.2 Å². The van der Waals surface area contributed by atoms with Gasteiger partial charge in [0, 0.05) is 17.1 Å². The molecule has 0 N–H and O–H groups in total. The quantitative estimate of drug-likeness (QED) is 0.286. The fourth-order valence-corrected chi connectivity index (χ4v) is 16.0. The number of anilines is 2. The van der Waals surface area contributed by atoms with E-state index < -0.39 is 0 Å². The summed E-state index contributed by atoms with van der Waals surface area (Å²) in [5.74, 6) is 3.50. The number of hydrogen-bond acceptors (Lipinski definition) is 3. The Balaban J connectivity index is 1.17. The van der Waals surface area contributed by atoms with Gasteiger partial charge in [-0.25, -0.2) is 0 Å². The zero-order valence-corrected chi connectivity index (χ0v) is 47.0. The lowest BCUT2D eigenvalue weighted by Crippen LogP contribution is -2.59. The molecule has 5 unspecified atom stereocenters. The largest absolute Gasteiger partial charge is 0.441 e. The lowest BCUT2D eigenvalue weighted by atomic mass is 9.30. The van der Waals surface area contributed by atoms with Crippen LogP contribution in [0.4, 0.5) is 11.6 Å². The van der Waals surface area contributed by atoms with Gasteiger partial charge in [-0.05, 0) is 206 Å². The van der Waals surface area contributed by atoms with Crippen molar-refractivity contribution in [2.75, 3.05) is 4.90 Å². The van der Waals surface area contributed by atoms with Gasteiger partial charge in [0.05, 0.1) is 12.1 Å². The van der Waals surface area contributed by atoms with Crippen molar-refractivity contribution < 1.29 is 4.42 Å². The standard InChI is InChI=1S/C67H87BN2O/c1-40-32-47-50(66(13,14)30-28-63(47,7)8)38-53(40)70-54-35-43(61(2,3)4)22-25-52(54)68-58-45-37-49-51(67(15,16)31-29-65(49,11)12)39-57(45)71-60(58)69(44-23-24-46-48(36-44)64(9,10)27-26-62(46,5)6)55-33-42(34-56(70)59(55)68)41-20-18-17-19-21-41/h17-18,20,22-25,32,34,36,38-40,43,49,53,55H,19,21,26-31,33,35,37H2,1-16H3. The summed E-state index contributed by atoms with van der Waals surface area (Å²) in [6.45, 7) is 40.2. The van der Waals surface area contributed by atoms with E-state index in [1.807, 2.05) is 0 Å². The number of furan rings is 1. The van der Waals surface area contributed by atoms with Crippen LogP contribution in [-0.2, 0) is 17.3 Å². The first-order valence-corrected chi connectivity index (χ1v) is 28.5. The maximum atomic E-state index is 7.79. The first-order chi connectivity index (χ1) is 33.2. The molecule has 8 aliphatic carbocycles. The van der Waals surface area contributed by atoms with Crippen molar-refractivity contribution in [2.24, 2.45) is 44.8 Å². The van der Waals surface area contributed by atoms with Gasteiger partial charge in [-0.3, -0.25) is 0 Å². The summed E-state index contributed by atoms with van der Waals surface area (Å²) in [7, 11) is 0. The van der Waals surface area contributed by atoms with E-state index in [4.69, 9.17) is 4.42 Å². The average Bonchev–Trinajstić information content (AvgIpc) is 3.68. The molecule has 3 heterocycles. The molecule has 71 heavy (non-hydrogen) atoms. The maximum absolute atomic E-state index is 7.79. The number of nitrogens with zero attached hydrogens (tertiary/aromatic N) is 2. The van der Waals surface area contributed by atoms with Crippen molar-refractivity contribution in [3.05, 3.63) is 139 Å². The molecule has 5 atom stereocenters. The highest BCUT2D eigenvalue weighted by Gasteiger charge is 2.56. The molecule has 374 valence electrons. The van der Waals surface area contributed by atoms with Crippen LogP contribution in [0.1, 0.15) is 197 Å². The Labute approximate surface area is 430 Å². The van der Waals surface area contributed by atoms with Crippen LogP contribution in [0, 0.1) is 44.8 Å². The molecule has 2 fully saturated rings. The monoisotopic (exact) mass is 947 g/mol. The molecule has 4 heteroatoms. The summed E-state index contributed by atoms with van der Waals surface area (Å²) in [5, 5.41) is 0. The van der Waals surface area contributed by atoms with Crippen LogP contribution in [-0.4, -0.2) is 23.7 Å². The van der Waals surface area contributed by atoms with Crippen LogP contribution in [0.25, 0.3) is 6.08 Å². The molecule has 0 spiro atoms. The van der Waals surface area contributed by atoms with Crippen molar-refractivity contribution in [3.8, 4) is 0 Å². The highest BCUT2D eigenvalue weighted by Crippen LogP contribution is 2.60. The Bertz CT molecular complexity index is 2940. The number of hydrogen-bond donors (Lipinski definition) is 0. The van der Waals surface area contributed by atoms with Crippen molar-refractivity contribution in [1.82, 2.24) is 4.90 Å². The third kappa shape index (κ3) is 7.21. The van der Waals surface area contributed by atoms with Crippen LogP contribution in [0.5, 0.6) is 0 Å². The Morgan fingerprint density at radius 3 is 2.07 bits per heavy atom. The summed E-state index contributed by atoms with van der Waals surface area (Å²) < 4.78 is 7.79. The summed E-state index contributed by atoms with van der Waals surface area (Å²) in [4.78, 5) is 5.76. The van der Waals surface area contributed by atoms with E-state index in [1.54, 1.807) is 27.9 Å². The zero-order valence-electron chi connectivity index (χ0n) is 47.0. The summed E-state index contributed by atoms with van der Waals surface area (Å²) in [6, 6.07) is 7.97. The lowest BCUT2D eigenvalue weighted by molar-refractivity contribution is 0.123. The molecule has 2 aromatic rings. The van der Waals surface area contributed by atoms with E-state index in [0.29, 0.717) is 17.8 Å². The molecule has 0 radical (unpaired) electrons. The van der Waals surface area contributed by atoms with Crippen molar-refractivity contribution in [2.45, 2.75) is 204 Å². The lowest BCUT2D eigenvalue weighted by Gasteiger charge is -2.55. The third-order valence-electron chi connectivity index (χ3n) is 21.3. The second-order valence-electron chi connectivity index (χ2n) is 29.7. The predicted molar refractivity (Wildman–Crippen MR) is 301 cm³/mol. The Kier molecular flexibility index (Phi) is 10.4. The van der Waals surface area contributed by atoms with Crippen LogP contribution in [0.15, 0.2) is 121 Å². The molecule has 2 aliphatic heterocycles. The third-order valence-corrected chi connectivity index (χ3v) is 21.3. The van der Waals surface area contributed by atoms with Gasteiger partial charge in [0.15, 0.2) is 5.88 Å². The van der Waals surface area contributed by atoms with Crippen molar-refractivity contribution in [1.29, 1.82) is 0 Å². The molecular weight excluding hydrogens is 860 g/mol. The number of allylic oxidation sites excluding steroid dienone is 12. The van der Waals surface area contributed by atoms with Gasteiger partial charge in [0.2, 0.25) is 0 Å². The molecule has 1 aromatic carbocycles. The fraction of sp³-hybridized carbons (Fsp3) is 0.582. The first kappa shape index (κ1) is 47.8. The van der Waals surface area contributed by atoms with Gasteiger partial charge in [-0.15, -0.1) is 0 Å². The van der Waals surface area contributed by atoms with E-state index in [2.05, 4.69) is 193 Å². The van der Waals surface area contributed by atoms with E-state index in [-0.39, 0.29) is 56.7 Å². The second kappa shape index (κ2) is 15.4. The Hall–Kier alpha value is -4.18. The van der Waals surface area contributed by atoms with Gasteiger partial charge in [0.25, 0.3) is 6.71 Å². The highest BCUT2D eigenvalue weighted by atomic mass is 16.4. The topological polar surface area (TPSA) is 19.6 Å². The van der Waals surface area contributed by atoms with Crippen LogP contribution < -0.4 is 10.4 Å². The zero-order chi connectivity index (χ0) is 50.3. The number of rotatable bonds is 3. The molecule has 1 aromatic heterocycles. The minimum Gasteiger partial charge on any atom is -0.441 e. The molecule has 0 amide bonds. The maximum Gasteiger partial charge on any atom is 0.251 e. The van der Waals surface area contributed by atoms with E-state index in [1.165, 1.54) is 88.7 Å². The number of benzene rings is 1. The van der Waals surface area contributed by atoms with E-state index in [0.717, 1.165) is 43.7 Å². The van der Waals surface area contributed by atoms with E-state index >= 15 is 0 Å². The minimum atomic E-state index is 0.0826. The van der Waals surface area contributed by atoms with Crippen molar-refractivity contribution in [3.63, 3.8) is 0 Å². The first-order valence-electron chi connectivity index (χ1n) is 28.5. The number of fused-ring (bicyclic) bond motifs is 8. The minimum absolute atomic E-state index is 0.0826. The van der Waals surface area contributed by atoms with Gasteiger partial charge in [-0.2, -0.15) is 0 Å². The molecule has 0 saturated heterocycles. The van der Waals surface area contributed by atoms with Crippen LogP contribution in [0.3, 0.4) is 0 Å². The summed E-state index contributed by atoms with van der Waals surface area (Å²) in [6.07, 6.45) is 35.9. The summed E-state index contributed by atoms with van der Waals surface area (Å²) in [5.41, 5.74) is 22.3. The second-order valence-corrected chi connectivity index (χ2v) is 29.7. The molecule has 2 saturated carbocycles. The molecule has 12 rings (SSSR count). The van der Waals surface area contributed by atoms with E-state index in [9.17, 15) is 0 Å². The highest BCUT2D eigenvalue weighted by molar-refractivity contribution is 6.89. The molecule has 0 bridgehead atoms. The molecule has 10 aliphatic rings. The SMILES string of the molecule is CC1C=C2C(=CC1N1C3=C4B(C5=C1CC(C(C)(C)C)C=C5)c1c(oc5c1CC1C(=C5)C(C)(C)CCC1(C)C)N(c1ccc5c(c1)C(C)(C)CCC5(C)C)C4CC(C1=CC=CCC1)=C3)C(C)(C)CCC2(C)C. The fourth-order valence-electron chi connectivity index (χ4n) is 16.0. The molecule has 3 nitrogen and oxygen atoms in total. The van der Waals surface area contributed by atoms with Crippen LogP contribution in [0.2, 0.25) is 0 Å².